The summed E-state index contributed by atoms with van der Waals surface area (Å²) in [6.45, 7) is 0.237. The van der Waals surface area contributed by atoms with Crippen molar-refractivity contribution in [1.29, 1.82) is 0 Å². The third kappa shape index (κ3) is 5.61. The fraction of sp³-hybridized carbons (Fsp3) is 0.238. The van der Waals surface area contributed by atoms with Crippen LogP contribution < -0.4 is 5.32 Å². The number of carbonyl (C=O) groups is 1. The number of amides is 1. The molecule has 0 saturated heterocycles. The zero-order valence-electron chi connectivity index (χ0n) is 17.1. The molecule has 180 valence electrons. The van der Waals surface area contributed by atoms with Crippen LogP contribution >= 0.6 is 11.6 Å². The molecule has 3 heterocycles. The normalized spacial score (nSPS) is 13.9. The van der Waals surface area contributed by atoms with Gasteiger partial charge in [-0.1, -0.05) is 17.7 Å². The lowest BCUT2D eigenvalue weighted by molar-refractivity contribution is -0.142. The van der Waals surface area contributed by atoms with Gasteiger partial charge in [0.15, 0.2) is 11.4 Å². The van der Waals surface area contributed by atoms with E-state index in [0.717, 1.165) is 49.8 Å². The number of rotatable bonds is 5. The van der Waals surface area contributed by atoms with Crippen molar-refractivity contribution in [3.8, 4) is 11.1 Å². The minimum absolute atomic E-state index is 0.214. The van der Waals surface area contributed by atoms with E-state index in [-0.39, 0.29) is 21.8 Å². The van der Waals surface area contributed by atoms with Crippen LogP contribution in [-0.2, 0) is 18.0 Å². The average Bonchev–Trinajstić information content (AvgIpc) is 2.76. The molecule has 0 spiro atoms. The standard InChI is InChI=1S/C21H14ClF7N4O/c1-19(23,10-33-18(34)13-3-2-6-30-16(13)21(27,28)29)17-14(22)7-12(9-32-17)11-4-5-15(31-8-11)20(24,25)26/h2-9H,10H2,1H3,(H,33,34). The molecule has 0 saturated carbocycles. The maximum Gasteiger partial charge on any atom is 0.434 e. The summed E-state index contributed by atoms with van der Waals surface area (Å²) in [6, 6.07) is 5.19. The summed E-state index contributed by atoms with van der Waals surface area (Å²) >= 11 is 6.11. The Balaban J connectivity index is 1.78. The molecule has 3 aromatic heterocycles. The number of nitrogens with zero attached hydrogens (tertiary/aromatic N) is 3. The van der Waals surface area contributed by atoms with Crippen molar-refractivity contribution in [3.63, 3.8) is 0 Å². The van der Waals surface area contributed by atoms with Gasteiger partial charge in [-0.05, 0) is 31.2 Å². The Kier molecular flexibility index (Phi) is 6.83. The molecular formula is C21H14ClF7N4O. The van der Waals surface area contributed by atoms with E-state index in [9.17, 15) is 31.1 Å². The summed E-state index contributed by atoms with van der Waals surface area (Å²) < 4.78 is 92.4. The van der Waals surface area contributed by atoms with Gasteiger partial charge in [0, 0.05) is 29.7 Å². The Bertz CT molecular complexity index is 1190. The predicted octanol–water partition coefficient (Wildman–Crippen LogP) is 5.84. The molecule has 0 fully saturated rings. The molecular weight excluding hydrogens is 493 g/mol. The molecule has 0 radical (unpaired) electrons. The number of hydrogen-bond acceptors (Lipinski definition) is 4. The number of pyridine rings is 3. The maximum atomic E-state index is 15.3. The molecule has 1 atom stereocenters. The van der Waals surface area contributed by atoms with Gasteiger partial charge in [0.1, 0.15) is 5.69 Å². The molecule has 0 bridgehead atoms. The van der Waals surface area contributed by atoms with Crippen LogP contribution in [0.4, 0.5) is 30.7 Å². The Labute approximate surface area is 193 Å². The monoisotopic (exact) mass is 506 g/mol. The first-order chi connectivity index (χ1) is 15.7. The molecule has 1 N–H and O–H groups in total. The average molecular weight is 507 g/mol. The topological polar surface area (TPSA) is 67.8 Å². The van der Waals surface area contributed by atoms with Crippen LogP contribution in [0.15, 0.2) is 48.9 Å². The first kappa shape index (κ1) is 25.3. The van der Waals surface area contributed by atoms with Gasteiger partial charge >= 0.3 is 12.4 Å². The van der Waals surface area contributed by atoms with Crippen LogP contribution in [0, 0.1) is 0 Å². The van der Waals surface area contributed by atoms with Crippen molar-refractivity contribution in [2.24, 2.45) is 0 Å². The highest BCUT2D eigenvalue weighted by atomic mass is 35.5. The van der Waals surface area contributed by atoms with Crippen LogP contribution in [0.5, 0.6) is 0 Å². The molecule has 5 nitrogen and oxygen atoms in total. The number of aromatic nitrogens is 3. The van der Waals surface area contributed by atoms with Crippen molar-refractivity contribution >= 4 is 17.5 Å². The smallest absolute Gasteiger partial charge is 0.348 e. The molecule has 34 heavy (non-hydrogen) atoms. The summed E-state index contributed by atoms with van der Waals surface area (Å²) in [6.07, 6.45) is -6.53. The molecule has 1 amide bonds. The van der Waals surface area contributed by atoms with Crippen molar-refractivity contribution in [3.05, 3.63) is 76.6 Å². The lowest BCUT2D eigenvalue weighted by Crippen LogP contribution is -2.37. The van der Waals surface area contributed by atoms with Gasteiger partial charge in [0.2, 0.25) is 0 Å². The zero-order chi connectivity index (χ0) is 25.3. The van der Waals surface area contributed by atoms with Crippen molar-refractivity contribution in [2.75, 3.05) is 6.54 Å². The molecule has 13 heteroatoms. The molecule has 0 aromatic carbocycles. The van der Waals surface area contributed by atoms with Crippen molar-refractivity contribution in [2.45, 2.75) is 24.9 Å². The van der Waals surface area contributed by atoms with Gasteiger partial charge in [-0.25, -0.2) is 4.39 Å². The lowest BCUT2D eigenvalue weighted by Gasteiger charge is -2.22. The van der Waals surface area contributed by atoms with Gasteiger partial charge in [-0.3, -0.25) is 19.7 Å². The summed E-state index contributed by atoms with van der Waals surface area (Å²) in [5.74, 6) is -1.20. The summed E-state index contributed by atoms with van der Waals surface area (Å²) in [7, 11) is 0. The van der Waals surface area contributed by atoms with E-state index in [1.54, 1.807) is 0 Å². The van der Waals surface area contributed by atoms with Gasteiger partial charge < -0.3 is 5.32 Å². The van der Waals surface area contributed by atoms with E-state index in [2.05, 4.69) is 20.3 Å². The summed E-state index contributed by atoms with van der Waals surface area (Å²) in [5.41, 5.74) is -5.54. The van der Waals surface area contributed by atoms with Crippen LogP contribution in [0.1, 0.15) is 34.4 Å². The Hall–Kier alpha value is -3.28. The second-order valence-corrected chi connectivity index (χ2v) is 7.67. The van der Waals surface area contributed by atoms with Crippen molar-refractivity contribution in [1.82, 2.24) is 20.3 Å². The van der Waals surface area contributed by atoms with E-state index in [0.29, 0.717) is 0 Å². The van der Waals surface area contributed by atoms with Crippen LogP contribution in [-0.4, -0.2) is 27.4 Å². The van der Waals surface area contributed by atoms with E-state index < -0.39 is 47.4 Å². The first-order valence-corrected chi connectivity index (χ1v) is 9.77. The van der Waals surface area contributed by atoms with Crippen molar-refractivity contribution < 1.29 is 35.5 Å². The molecule has 3 aromatic rings. The number of hydrogen-bond donors (Lipinski definition) is 1. The quantitative estimate of drug-likeness (QED) is 0.441. The maximum absolute atomic E-state index is 15.3. The highest BCUT2D eigenvalue weighted by Gasteiger charge is 2.38. The Morgan fingerprint density at radius 2 is 1.59 bits per heavy atom. The molecule has 0 aliphatic rings. The molecule has 3 rings (SSSR count). The molecule has 1 unspecified atom stereocenters. The minimum Gasteiger partial charge on any atom is -0.348 e. The van der Waals surface area contributed by atoms with E-state index >= 15 is 4.39 Å². The second kappa shape index (κ2) is 9.16. The van der Waals surface area contributed by atoms with Gasteiger partial charge in [0.25, 0.3) is 5.91 Å². The van der Waals surface area contributed by atoms with Crippen LogP contribution in [0.2, 0.25) is 5.02 Å². The zero-order valence-corrected chi connectivity index (χ0v) is 17.9. The molecule has 0 aliphatic heterocycles. The number of nitrogens with one attached hydrogen (secondary N) is 1. The third-order valence-corrected chi connectivity index (χ3v) is 4.91. The third-order valence-electron chi connectivity index (χ3n) is 4.62. The van der Waals surface area contributed by atoms with Gasteiger partial charge in [-0.15, -0.1) is 0 Å². The highest BCUT2D eigenvalue weighted by molar-refractivity contribution is 6.31. The summed E-state index contributed by atoms with van der Waals surface area (Å²) in [5, 5.41) is 1.86. The minimum atomic E-state index is -4.89. The van der Waals surface area contributed by atoms with Crippen LogP contribution in [0.3, 0.4) is 0 Å². The van der Waals surface area contributed by atoms with E-state index in [4.69, 9.17) is 11.6 Å². The Morgan fingerprint density at radius 3 is 2.15 bits per heavy atom. The van der Waals surface area contributed by atoms with Crippen LogP contribution in [0.25, 0.3) is 11.1 Å². The van der Waals surface area contributed by atoms with Gasteiger partial charge in [-0.2, -0.15) is 26.3 Å². The van der Waals surface area contributed by atoms with Gasteiger partial charge in [0.05, 0.1) is 22.8 Å². The van der Waals surface area contributed by atoms with E-state index in [1.807, 2.05) is 0 Å². The highest BCUT2D eigenvalue weighted by Crippen LogP contribution is 2.34. The largest absolute Gasteiger partial charge is 0.434 e. The molecule has 0 aliphatic carbocycles. The predicted molar refractivity (Wildman–Crippen MR) is 108 cm³/mol. The number of alkyl halides is 7. The fourth-order valence-corrected chi connectivity index (χ4v) is 3.31. The SMILES string of the molecule is CC(F)(CNC(=O)c1cccnc1C(F)(F)F)c1ncc(-c2ccc(C(F)(F)F)nc2)cc1Cl. The number of carbonyl (C=O) groups excluding carboxylic acids is 1. The lowest BCUT2D eigenvalue weighted by atomic mass is 10.0. The second-order valence-electron chi connectivity index (χ2n) is 7.26. The summed E-state index contributed by atoms with van der Waals surface area (Å²) in [4.78, 5) is 22.6. The number of halogens is 8. The van der Waals surface area contributed by atoms with E-state index in [1.165, 1.54) is 6.07 Å². The Morgan fingerprint density at radius 1 is 0.912 bits per heavy atom. The fourth-order valence-electron chi connectivity index (χ4n) is 2.95. The first-order valence-electron chi connectivity index (χ1n) is 9.39.